The molecule has 3 atom stereocenters. The number of hydroxylamine groups is 5. The molecule has 0 bridgehead atoms. The lowest BCUT2D eigenvalue weighted by atomic mass is 10.0. The van der Waals surface area contributed by atoms with E-state index in [0.29, 0.717) is 50.4 Å². The topological polar surface area (TPSA) is 260 Å². The molecule has 3 unspecified atom stereocenters. The van der Waals surface area contributed by atoms with E-state index in [9.17, 15) is 38.8 Å². The molecule has 0 radical (unpaired) electrons. The number of carboxylic acids is 1. The monoisotopic (exact) mass is 1570 g/mol. The van der Waals surface area contributed by atoms with Gasteiger partial charge in [0.05, 0.1) is 27.9 Å². The molecular formula is C63H73Br4N5O14S4. The molecule has 7 rings (SSSR count). The number of carboxylic acid groups (broad SMARTS) is 1. The van der Waals surface area contributed by atoms with Crippen LogP contribution in [0.4, 0.5) is 9.59 Å². The maximum absolute atomic E-state index is 13.6. The van der Waals surface area contributed by atoms with Crippen LogP contribution in [-0.4, -0.2) is 116 Å². The van der Waals surface area contributed by atoms with Crippen LogP contribution in [0.5, 0.6) is 0 Å². The summed E-state index contributed by atoms with van der Waals surface area (Å²) in [6, 6.07) is 33.8. The third-order valence-electron chi connectivity index (χ3n) is 11.4. The van der Waals surface area contributed by atoms with Gasteiger partial charge in [0.25, 0.3) is 11.8 Å². The van der Waals surface area contributed by atoms with E-state index in [2.05, 4.69) is 79.8 Å². The number of ether oxygens (including phenoxy) is 3. The molecule has 90 heavy (non-hydrogen) atoms. The van der Waals surface area contributed by atoms with Gasteiger partial charge in [-0.25, -0.2) is 29.7 Å². The molecule has 486 valence electrons. The number of carbonyl (C=O) groups excluding carboxylic acids is 6. The molecule has 27 heteroatoms. The smallest absolute Gasteiger partial charge is 0.407 e. The molecule has 0 fully saturated rings. The van der Waals surface area contributed by atoms with E-state index in [1.54, 1.807) is 108 Å². The van der Waals surface area contributed by atoms with Gasteiger partial charge >= 0.3 is 30.1 Å². The lowest BCUT2D eigenvalue weighted by molar-refractivity contribution is -0.156. The SMILES string of the molecule is CC(C)(C)OC(=O)CCC(Cc1ccccc1)N(OC(=O)c1cc(Br)cs1)C(=O)c1cc(Br)cs1.CC(C)(C)OC(=O)NCC(Cc1ccccc1)N(O)C(=O)c1cc(Br)cs1.CC(C)(C)OC(=O)NCC(Cc1ccccc1)NO.O=C(O)c1cc(Br)cs1. The second-order valence-corrected chi connectivity index (χ2v) is 29.9. The van der Waals surface area contributed by atoms with E-state index in [-0.39, 0.29) is 31.4 Å². The van der Waals surface area contributed by atoms with Crippen molar-refractivity contribution in [2.24, 2.45) is 0 Å². The molecule has 0 aliphatic heterocycles. The number of alkyl carbamates (subject to hydrolysis) is 2. The van der Waals surface area contributed by atoms with E-state index in [0.717, 1.165) is 39.6 Å². The van der Waals surface area contributed by atoms with Crippen LogP contribution in [0.25, 0.3) is 0 Å². The Morgan fingerprint density at radius 3 is 1.27 bits per heavy atom. The van der Waals surface area contributed by atoms with Gasteiger partial charge in [-0.2, -0.15) is 5.06 Å². The van der Waals surface area contributed by atoms with Crippen molar-refractivity contribution in [2.45, 2.75) is 129 Å². The van der Waals surface area contributed by atoms with Crippen molar-refractivity contribution in [3.05, 3.63) is 191 Å². The first kappa shape index (κ1) is 76.6. The second-order valence-electron chi connectivity index (χ2n) is 22.6. The number of hydrogen-bond donors (Lipinski definition) is 6. The Morgan fingerprint density at radius 1 is 0.511 bits per heavy atom. The van der Waals surface area contributed by atoms with Crippen LogP contribution in [0.1, 0.15) is 131 Å². The number of carbonyl (C=O) groups is 7. The predicted octanol–water partition coefficient (Wildman–Crippen LogP) is 16.1. The quantitative estimate of drug-likeness (QED) is 0.0179. The number of esters is 1. The van der Waals surface area contributed by atoms with E-state index >= 15 is 0 Å². The summed E-state index contributed by atoms with van der Waals surface area (Å²) in [5.74, 6) is -2.85. The van der Waals surface area contributed by atoms with Gasteiger partial charge in [-0.15, -0.1) is 45.3 Å². The van der Waals surface area contributed by atoms with Crippen LogP contribution in [-0.2, 0) is 43.1 Å². The molecule has 4 aromatic heterocycles. The molecule has 0 aliphatic carbocycles. The zero-order valence-corrected chi connectivity index (χ0v) is 60.4. The number of amides is 4. The van der Waals surface area contributed by atoms with Crippen molar-refractivity contribution < 1.29 is 68.1 Å². The average Bonchev–Trinajstić information content (AvgIpc) is 4.36. The van der Waals surface area contributed by atoms with Gasteiger partial charge in [0.1, 0.15) is 26.6 Å². The molecular weight excluding hydrogens is 1500 g/mol. The van der Waals surface area contributed by atoms with E-state index < -0.39 is 64.8 Å². The molecule has 4 heterocycles. The lowest BCUT2D eigenvalue weighted by Crippen LogP contribution is -2.47. The zero-order valence-electron chi connectivity index (χ0n) is 50.8. The minimum Gasteiger partial charge on any atom is -0.477 e. The summed E-state index contributed by atoms with van der Waals surface area (Å²) in [5, 5.41) is 42.1. The Kier molecular flexibility index (Phi) is 32.0. The molecule has 6 N–H and O–H groups in total. The summed E-state index contributed by atoms with van der Waals surface area (Å²) in [7, 11) is 0. The number of rotatable bonds is 20. The van der Waals surface area contributed by atoms with Crippen molar-refractivity contribution in [1.29, 1.82) is 0 Å². The van der Waals surface area contributed by atoms with Crippen molar-refractivity contribution in [2.75, 3.05) is 13.1 Å². The number of nitrogens with zero attached hydrogens (tertiary/aromatic N) is 2. The third-order valence-corrected chi connectivity index (χ3v) is 18.1. The van der Waals surface area contributed by atoms with E-state index in [1.165, 1.54) is 45.3 Å². The first-order valence-electron chi connectivity index (χ1n) is 27.7. The largest absolute Gasteiger partial charge is 0.477 e. The highest BCUT2D eigenvalue weighted by atomic mass is 79.9. The highest BCUT2D eigenvalue weighted by molar-refractivity contribution is 9.11. The predicted molar refractivity (Wildman–Crippen MR) is 365 cm³/mol. The summed E-state index contributed by atoms with van der Waals surface area (Å²) in [4.78, 5) is 92.5. The fraction of sp³-hybridized carbons (Fsp3) is 0.349. The number of nitrogens with one attached hydrogen (secondary N) is 3. The molecule has 7 aromatic rings. The Bertz CT molecular complexity index is 3380. The Morgan fingerprint density at radius 2 is 0.889 bits per heavy atom. The third kappa shape index (κ3) is 30.1. The average molecular weight is 1570 g/mol. The van der Waals surface area contributed by atoms with Crippen LogP contribution >= 0.6 is 109 Å². The van der Waals surface area contributed by atoms with Crippen molar-refractivity contribution in [3.8, 4) is 0 Å². The number of halogens is 4. The molecule has 0 saturated heterocycles. The Labute approximate surface area is 573 Å². The minimum absolute atomic E-state index is 0.0542. The van der Waals surface area contributed by atoms with Crippen molar-refractivity contribution in [3.63, 3.8) is 0 Å². The molecule has 0 saturated carbocycles. The van der Waals surface area contributed by atoms with Crippen molar-refractivity contribution in [1.82, 2.24) is 26.2 Å². The summed E-state index contributed by atoms with van der Waals surface area (Å²) >= 11 is 18.1. The fourth-order valence-electron chi connectivity index (χ4n) is 7.59. The van der Waals surface area contributed by atoms with Gasteiger partial charge in [-0.05, 0) is 193 Å². The standard InChI is InChI=1S/C25H25Br2NO5S2.C19H23BrN2O4S.C14H22N2O3.C5H3BrO2S/c1-25(2,3)32-22(29)10-9-19(11-16-7-5-4-6-8-16)28(23(30)20-12-17(26)14-34-20)33-24(31)21-13-18(27)15-35-21;1-19(2,3)26-18(24)21-11-15(9-13-7-5-4-6-8-13)22(25)17(23)16-10-14(20)12-27-16;1-14(2,3)19-13(17)15-10-12(16-18)9-11-7-5-4-6-8-11;6-3-1-4(5(7)8)9-2-3/h4-8,12-15,19H,9-11H2,1-3H3;4-8,10,12,15,25H,9,11H2,1-3H3,(H,21,24);4-8,12,16,18H,9-10H2,1-3H3,(H,15,17);1-2H,(H,7,8). The zero-order chi connectivity index (χ0) is 66.8. The summed E-state index contributed by atoms with van der Waals surface area (Å²) in [5.41, 5.74) is 3.39. The molecule has 19 nitrogen and oxygen atoms in total. The van der Waals surface area contributed by atoms with Crippen LogP contribution in [0, 0.1) is 0 Å². The number of thiophene rings is 4. The van der Waals surface area contributed by atoms with Gasteiger partial charge in [0.15, 0.2) is 0 Å². The summed E-state index contributed by atoms with van der Waals surface area (Å²) < 4.78 is 18.9. The highest BCUT2D eigenvalue weighted by Crippen LogP contribution is 2.28. The highest BCUT2D eigenvalue weighted by Gasteiger charge is 2.33. The van der Waals surface area contributed by atoms with Gasteiger partial charge in [0, 0.05) is 58.9 Å². The normalized spacial score (nSPS) is 12.1. The van der Waals surface area contributed by atoms with Crippen LogP contribution in [0.15, 0.2) is 155 Å². The van der Waals surface area contributed by atoms with Crippen molar-refractivity contribution >= 4 is 151 Å². The van der Waals surface area contributed by atoms with E-state index in [4.69, 9.17) is 29.4 Å². The second kappa shape index (κ2) is 37.6. The minimum atomic E-state index is -0.870. The summed E-state index contributed by atoms with van der Waals surface area (Å²) in [6.07, 6.45) is 0.626. The van der Waals surface area contributed by atoms with Gasteiger partial charge in [0.2, 0.25) is 0 Å². The maximum Gasteiger partial charge on any atom is 0.407 e. The number of hydrogen-bond acceptors (Lipinski definition) is 18. The molecule has 4 amide bonds. The number of aromatic carboxylic acids is 1. The number of benzene rings is 3. The molecule has 0 aliphatic rings. The maximum atomic E-state index is 13.6. The van der Waals surface area contributed by atoms with Crippen LogP contribution in [0.3, 0.4) is 0 Å². The summed E-state index contributed by atoms with van der Waals surface area (Å²) in [6.45, 7) is 16.5. The Hall–Kier alpha value is -5.85. The van der Waals surface area contributed by atoms with Gasteiger partial charge in [-0.3, -0.25) is 19.6 Å². The first-order chi connectivity index (χ1) is 42.3. The van der Waals surface area contributed by atoms with Crippen LogP contribution in [0.2, 0.25) is 0 Å². The van der Waals surface area contributed by atoms with Gasteiger partial charge in [-0.1, -0.05) is 91.0 Å². The van der Waals surface area contributed by atoms with E-state index in [1.807, 2.05) is 91.0 Å². The van der Waals surface area contributed by atoms with Gasteiger partial charge < -0.3 is 40.0 Å². The Balaban J connectivity index is 0.000000278. The lowest BCUT2D eigenvalue weighted by Gasteiger charge is -2.30. The fourth-order valence-corrected chi connectivity index (χ4v) is 12.9. The molecule has 3 aromatic carbocycles. The first-order valence-corrected chi connectivity index (χ1v) is 34.4. The molecule has 0 spiro atoms. The van der Waals surface area contributed by atoms with Crippen LogP contribution < -0.4 is 16.1 Å².